The van der Waals surface area contributed by atoms with Crippen LogP contribution in [-0.2, 0) is 6.42 Å². The van der Waals surface area contributed by atoms with Crippen LogP contribution in [0.15, 0.2) is 41.8 Å². The summed E-state index contributed by atoms with van der Waals surface area (Å²) in [7, 11) is 0. The Kier molecular flexibility index (Phi) is 3.83. The van der Waals surface area contributed by atoms with E-state index in [9.17, 15) is 0 Å². The van der Waals surface area contributed by atoms with E-state index in [2.05, 4.69) is 55.6 Å². The highest BCUT2D eigenvalue weighted by Crippen LogP contribution is 2.33. The Labute approximate surface area is 124 Å². The molecule has 0 aliphatic carbocycles. The molecule has 0 spiro atoms. The molecule has 1 nitrogen and oxygen atoms in total. The maximum atomic E-state index is 4.94. The molecule has 0 radical (unpaired) electrons. The lowest BCUT2D eigenvalue weighted by atomic mass is 9.96. The van der Waals surface area contributed by atoms with Crippen molar-refractivity contribution in [3.8, 4) is 10.6 Å². The van der Waals surface area contributed by atoms with Gasteiger partial charge in [-0.1, -0.05) is 37.6 Å². The number of fused-ring (bicyclic) bond motifs is 1. The largest absolute Gasteiger partial charge is 0.247 e. The quantitative estimate of drug-likeness (QED) is 0.605. The highest BCUT2D eigenvalue weighted by atomic mass is 32.1. The van der Waals surface area contributed by atoms with Crippen molar-refractivity contribution < 1.29 is 0 Å². The van der Waals surface area contributed by atoms with Gasteiger partial charge in [-0.3, -0.25) is 0 Å². The minimum Gasteiger partial charge on any atom is -0.247 e. The molecule has 0 amide bonds. The van der Waals surface area contributed by atoms with Crippen LogP contribution in [0, 0.1) is 6.92 Å². The Morgan fingerprint density at radius 1 is 1.10 bits per heavy atom. The van der Waals surface area contributed by atoms with Crippen molar-refractivity contribution in [3.05, 3.63) is 52.9 Å². The van der Waals surface area contributed by atoms with Crippen molar-refractivity contribution in [3.63, 3.8) is 0 Å². The molecule has 0 aliphatic heterocycles. The molecule has 2 aromatic heterocycles. The predicted octanol–water partition coefficient (Wildman–Crippen LogP) is 5.61. The van der Waals surface area contributed by atoms with Gasteiger partial charge in [-0.2, -0.15) is 0 Å². The van der Waals surface area contributed by atoms with Crippen molar-refractivity contribution >= 4 is 22.2 Å². The fraction of sp³-hybridized carbons (Fsp3) is 0.278. The van der Waals surface area contributed by atoms with Gasteiger partial charge in [-0.15, -0.1) is 11.3 Å². The van der Waals surface area contributed by atoms with Crippen LogP contribution >= 0.6 is 11.3 Å². The van der Waals surface area contributed by atoms with Gasteiger partial charge in [0.1, 0.15) is 0 Å². The van der Waals surface area contributed by atoms with E-state index in [0.29, 0.717) is 0 Å². The molecule has 2 heterocycles. The predicted molar refractivity (Wildman–Crippen MR) is 88.4 cm³/mol. The van der Waals surface area contributed by atoms with Crippen LogP contribution in [0.1, 0.15) is 30.9 Å². The summed E-state index contributed by atoms with van der Waals surface area (Å²) in [5, 5.41) is 3.42. The SMILES string of the molecule is CCCCc1c(-c2cccs2)nc2ccccc2c1C. The van der Waals surface area contributed by atoms with Gasteiger partial charge in [0.15, 0.2) is 0 Å². The third kappa shape index (κ3) is 2.36. The van der Waals surface area contributed by atoms with Crippen molar-refractivity contribution in [1.82, 2.24) is 4.98 Å². The fourth-order valence-corrected chi connectivity index (χ4v) is 3.43. The Bertz CT molecular complexity index is 714. The minimum atomic E-state index is 1.11. The zero-order chi connectivity index (χ0) is 13.9. The summed E-state index contributed by atoms with van der Waals surface area (Å²) >= 11 is 1.78. The smallest absolute Gasteiger partial charge is 0.0843 e. The number of rotatable bonds is 4. The molecule has 1 aromatic carbocycles. The second-order valence-corrected chi connectivity index (χ2v) is 6.11. The Balaban J connectivity index is 2.25. The van der Waals surface area contributed by atoms with E-state index >= 15 is 0 Å². The summed E-state index contributed by atoms with van der Waals surface area (Å²) in [4.78, 5) is 6.22. The zero-order valence-corrected chi connectivity index (χ0v) is 12.8. The summed E-state index contributed by atoms with van der Waals surface area (Å²) in [6, 6.07) is 12.8. The standard InChI is InChI=1S/C18H19NS/c1-3-4-8-15-13(2)14-9-5-6-10-16(14)19-18(15)17-11-7-12-20-17/h5-7,9-12H,3-4,8H2,1-2H3. The first-order valence-corrected chi connectivity index (χ1v) is 8.11. The van der Waals surface area contributed by atoms with Crippen molar-refractivity contribution in [1.29, 1.82) is 0 Å². The van der Waals surface area contributed by atoms with Crippen LogP contribution < -0.4 is 0 Å². The molecular weight excluding hydrogens is 262 g/mol. The molecule has 0 unspecified atom stereocenters. The molecule has 0 atom stereocenters. The molecule has 0 aliphatic rings. The lowest BCUT2D eigenvalue weighted by Gasteiger charge is -2.13. The monoisotopic (exact) mass is 281 g/mol. The van der Waals surface area contributed by atoms with Gasteiger partial charge in [0, 0.05) is 5.39 Å². The summed E-state index contributed by atoms with van der Waals surface area (Å²) in [6.07, 6.45) is 3.56. The van der Waals surface area contributed by atoms with Gasteiger partial charge in [0.25, 0.3) is 0 Å². The number of thiophene rings is 1. The summed E-state index contributed by atoms with van der Waals surface area (Å²) in [5.74, 6) is 0. The molecule has 0 saturated carbocycles. The van der Waals surface area contributed by atoms with E-state index in [1.54, 1.807) is 11.3 Å². The van der Waals surface area contributed by atoms with Crippen LogP contribution in [0.2, 0.25) is 0 Å². The maximum Gasteiger partial charge on any atom is 0.0843 e. The van der Waals surface area contributed by atoms with Gasteiger partial charge in [0.2, 0.25) is 0 Å². The summed E-state index contributed by atoms with van der Waals surface area (Å²) < 4.78 is 0. The Morgan fingerprint density at radius 3 is 2.70 bits per heavy atom. The lowest BCUT2D eigenvalue weighted by Crippen LogP contribution is -1.98. The van der Waals surface area contributed by atoms with Crippen LogP contribution in [0.25, 0.3) is 21.5 Å². The maximum absolute atomic E-state index is 4.94. The van der Waals surface area contributed by atoms with Gasteiger partial charge < -0.3 is 0 Å². The lowest BCUT2D eigenvalue weighted by molar-refractivity contribution is 0.791. The van der Waals surface area contributed by atoms with Crippen molar-refractivity contribution in [2.24, 2.45) is 0 Å². The van der Waals surface area contributed by atoms with Gasteiger partial charge in [-0.05, 0) is 48.4 Å². The number of hydrogen-bond acceptors (Lipinski definition) is 2. The van der Waals surface area contributed by atoms with Crippen LogP contribution in [0.4, 0.5) is 0 Å². The Morgan fingerprint density at radius 2 is 1.95 bits per heavy atom. The first-order chi connectivity index (χ1) is 9.81. The van der Waals surface area contributed by atoms with Gasteiger partial charge >= 0.3 is 0 Å². The van der Waals surface area contributed by atoms with Crippen LogP contribution in [0.3, 0.4) is 0 Å². The zero-order valence-electron chi connectivity index (χ0n) is 12.0. The summed E-state index contributed by atoms with van der Waals surface area (Å²) in [5.41, 5.74) is 5.11. The van der Waals surface area contributed by atoms with Crippen LogP contribution in [-0.4, -0.2) is 4.98 Å². The molecule has 102 valence electrons. The highest BCUT2D eigenvalue weighted by molar-refractivity contribution is 7.13. The molecule has 3 aromatic rings. The normalized spacial score (nSPS) is 11.1. The molecule has 0 saturated heterocycles. The number of unbranched alkanes of at least 4 members (excludes halogenated alkanes) is 1. The van der Waals surface area contributed by atoms with E-state index < -0.39 is 0 Å². The third-order valence-corrected chi connectivity index (χ3v) is 4.69. The molecular formula is C18H19NS. The van der Waals surface area contributed by atoms with E-state index in [-0.39, 0.29) is 0 Å². The second kappa shape index (κ2) is 5.76. The number of aryl methyl sites for hydroxylation is 1. The van der Waals surface area contributed by atoms with E-state index in [4.69, 9.17) is 4.98 Å². The number of hydrogen-bond donors (Lipinski definition) is 0. The molecule has 0 N–H and O–H groups in total. The number of para-hydroxylation sites is 1. The fourth-order valence-electron chi connectivity index (χ4n) is 2.69. The summed E-state index contributed by atoms with van der Waals surface area (Å²) in [6.45, 7) is 4.49. The van der Waals surface area contributed by atoms with Gasteiger partial charge in [0.05, 0.1) is 16.1 Å². The molecule has 2 heteroatoms. The first kappa shape index (κ1) is 13.3. The molecule has 20 heavy (non-hydrogen) atoms. The second-order valence-electron chi connectivity index (χ2n) is 5.16. The van der Waals surface area contributed by atoms with E-state index in [1.165, 1.54) is 39.9 Å². The average molecular weight is 281 g/mol. The topological polar surface area (TPSA) is 12.9 Å². The van der Waals surface area contributed by atoms with Gasteiger partial charge in [-0.25, -0.2) is 4.98 Å². The Hall–Kier alpha value is -1.67. The van der Waals surface area contributed by atoms with E-state index in [1.807, 2.05) is 0 Å². The number of benzene rings is 1. The average Bonchev–Trinajstić information content (AvgIpc) is 3.00. The van der Waals surface area contributed by atoms with Crippen LogP contribution in [0.5, 0.6) is 0 Å². The van der Waals surface area contributed by atoms with E-state index in [0.717, 1.165) is 11.9 Å². The number of pyridine rings is 1. The molecule has 3 rings (SSSR count). The minimum absolute atomic E-state index is 1.11. The molecule has 0 bridgehead atoms. The first-order valence-electron chi connectivity index (χ1n) is 7.23. The third-order valence-electron chi connectivity index (χ3n) is 3.81. The van der Waals surface area contributed by atoms with Crippen molar-refractivity contribution in [2.75, 3.05) is 0 Å². The number of nitrogens with zero attached hydrogens (tertiary/aromatic N) is 1. The van der Waals surface area contributed by atoms with Crippen molar-refractivity contribution in [2.45, 2.75) is 33.1 Å². The highest BCUT2D eigenvalue weighted by Gasteiger charge is 2.13. The number of aromatic nitrogens is 1. The molecule has 0 fully saturated rings.